The number of nitrogens with zero attached hydrogens (tertiary/aromatic N) is 2. The van der Waals surface area contributed by atoms with Crippen molar-refractivity contribution in [3.8, 4) is 5.75 Å². The molecule has 1 saturated heterocycles. The zero-order valence-corrected chi connectivity index (χ0v) is 11.1. The van der Waals surface area contributed by atoms with Crippen LogP contribution in [-0.4, -0.2) is 48.7 Å². The number of hydrogen-bond donors (Lipinski definition) is 1. The number of aromatic nitrogens is 1. The second kappa shape index (κ2) is 6.49. The molecule has 19 heavy (non-hydrogen) atoms. The summed E-state index contributed by atoms with van der Waals surface area (Å²) in [4.78, 5) is 18.0. The molecular weight excluding hydrogens is 246 g/mol. The normalized spacial score (nSPS) is 15.4. The molecule has 0 aromatic carbocycles. The maximum Gasteiger partial charge on any atom is 0.260 e. The summed E-state index contributed by atoms with van der Waals surface area (Å²) in [7, 11) is 0. The third kappa shape index (κ3) is 3.65. The van der Waals surface area contributed by atoms with Crippen molar-refractivity contribution in [2.24, 2.45) is 5.73 Å². The summed E-state index contributed by atoms with van der Waals surface area (Å²) in [6.07, 6.45) is 0. The van der Waals surface area contributed by atoms with Gasteiger partial charge in [0.1, 0.15) is 5.75 Å². The van der Waals surface area contributed by atoms with Gasteiger partial charge in [-0.3, -0.25) is 9.78 Å². The van der Waals surface area contributed by atoms with Crippen LogP contribution in [0.15, 0.2) is 12.1 Å². The first-order chi connectivity index (χ1) is 9.20. The third-order valence-electron chi connectivity index (χ3n) is 2.98. The van der Waals surface area contributed by atoms with Crippen LogP contribution in [0.3, 0.4) is 0 Å². The van der Waals surface area contributed by atoms with Crippen LogP contribution in [0.2, 0.25) is 0 Å². The van der Waals surface area contributed by atoms with Crippen LogP contribution in [0.25, 0.3) is 0 Å². The predicted octanol–water partition coefficient (Wildman–Crippen LogP) is 0.0863. The van der Waals surface area contributed by atoms with Crippen molar-refractivity contribution in [3.63, 3.8) is 0 Å². The van der Waals surface area contributed by atoms with Gasteiger partial charge < -0.3 is 20.1 Å². The Morgan fingerprint density at radius 2 is 2.21 bits per heavy atom. The molecule has 1 aromatic rings. The van der Waals surface area contributed by atoms with E-state index in [4.69, 9.17) is 15.2 Å². The van der Waals surface area contributed by atoms with Gasteiger partial charge in [0.15, 0.2) is 6.61 Å². The van der Waals surface area contributed by atoms with E-state index in [-0.39, 0.29) is 12.5 Å². The van der Waals surface area contributed by atoms with Gasteiger partial charge in [-0.1, -0.05) is 0 Å². The summed E-state index contributed by atoms with van der Waals surface area (Å²) < 4.78 is 10.7. The smallest absolute Gasteiger partial charge is 0.260 e. The molecule has 0 saturated carbocycles. The Bertz CT molecular complexity index is 445. The van der Waals surface area contributed by atoms with Crippen molar-refractivity contribution in [2.45, 2.75) is 13.5 Å². The van der Waals surface area contributed by atoms with Crippen LogP contribution >= 0.6 is 0 Å². The van der Waals surface area contributed by atoms with E-state index in [0.717, 1.165) is 5.69 Å². The summed E-state index contributed by atoms with van der Waals surface area (Å²) in [6, 6.07) is 3.64. The van der Waals surface area contributed by atoms with E-state index < -0.39 is 0 Å². The van der Waals surface area contributed by atoms with Gasteiger partial charge in [-0.25, -0.2) is 0 Å². The first kappa shape index (κ1) is 13.8. The molecule has 6 nitrogen and oxygen atoms in total. The molecule has 0 unspecified atom stereocenters. The molecule has 0 radical (unpaired) electrons. The zero-order valence-electron chi connectivity index (χ0n) is 11.1. The van der Waals surface area contributed by atoms with Gasteiger partial charge in [0.2, 0.25) is 0 Å². The molecule has 1 aromatic heterocycles. The van der Waals surface area contributed by atoms with Crippen LogP contribution in [0, 0.1) is 6.92 Å². The van der Waals surface area contributed by atoms with Crippen LogP contribution < -0.4 is 10.5 Å². The third-order valence-corrected chi connectivity index (χ3v) is 2.98. The molecule has 104 valence electrons. The molecule has 0 aliphatic carbocycles. The summed E-state index contributed by atoms with van der Waals surface area (Å²) in [6.45, 7) is 4.62. The number of hydrogen-bond acceptors (Lipinski definition) is 5. The van der Waals surface area contributed by atoms with E-state index in [1.54, 1.807) is 11.0 Å². The molecule has 0 spiro atoms. The van der Waals surface area contributed by atoms with Crippen LogP contribution in [0.5, 0.6) is 5.75 Å². The number of rotatable bonds is 4. The quantitative estimate of drug-likeness (QED) is 0.834. The molecule has 2 heterocycles. The molecule has 2 N–H and O–H groups in total. The van der Waals surface area contributed by atoms with Crippen molar-refractivity contribution in [3.05, 3.63) is 23.5 Å². The molecule has 1 amide bonds. The van der Waals surface area contributed by atoms with Gasteiger partial charge in [-0.05, 0) is 19.1 Å². The maximum absolute atomic E-state index is 11.9. The van der Waals surface area contributed by atoms with Crippen LogP contribution in [0.4, 0.5) is 0 Å². The van der Waals surface area contributed by atoms with Crippen LogP contribution in [-0.2, 0) is 16.1 Å². The Morgan fingerprint density at radius 3 is 2.89 bits per heavy atom. The monoisotopic (exact) mass is 265 g/mol. The van der Waals surface area contributed by atoms with Crippen molar-refractivity contribution < 1.29 is 14.3 Å². The van der Waals surface area contributed by atoms with Gasteiger partial charge in [0, 0.05) is 25.3 Å². The van der Waals surface area contributed by atoms with E-state index in [2.05, 4.69) is 4.98 Å². The molecule has 0 bridgehead atoms. The van der Waals surface area contributed by atoms with E-state index in [1.807, 2.05) is 13.0 Å². The minimum Gasteiger partial charge on any atom is -0.482 e. The Labute approximate surface area is 112 Å². The van der Waals surface area contributed by atoms with Gasteiger partial charge >= 0.3 is 0 Å². The SMILES string of the molecule is Cc1ccc(OCC(=O)N2CCOCC2)c(CN)n1. The Balaban J connectivity index is 1.92. The first-order valence-electron chi connectivity index (χ1n) is 6.35. The van der Waals surface area contributed by atoms with Crippen LogP contribution in [0.1, 0.15) is 11.4 Å². The van der Waals surface area contributed by atoms with Crippen molar-refractivity contribution in [2.75, 3.05) is 32.9 Å². The van der Waals surface area contributed by atoms with E-state index in [9.17, 15) is 4.79 Å². The summed E-state index contributed by atoms with van der Waals surface area (Å²) in [5.74, 6) is 0.543. The fourth-order valence-electron chi connectivity index (χ4n) is 1.92. The maximum atomic E-state index is 11.9. The van der Waals surface area contributed by atoms with Crippen molar-refractivity contribution in [1.29, 1.82) is 0 Å². The fraction of sp³-hybridized carbons (Fsp3) is 0.538. The molecule has 1 aliphatic heterocycles. The molecule has 6 heteroatoms. The van der Waals surface area contributed by atoms with E-state index in [1.165, 1.54) is 0 Å². The van der Waals surface area contributed by atoms with Gasteiger partial charge in [-0.2, -0.15) is 0 Å². The number of ether oxygens (including phenoxy) is 2. The lowest BCUT2D eigenvalue weighted by Gasteiger charge is -2.26. The molecule has 2 rings (SSSR count). The summed E-state index contributed by atoms with van der Waals surface area (Å²) in [5, 5.41) is 0. The summed E-state index contributed by atoms with van der Waals surface area (Å²) >= 11 is 0. The largest absolute Gasteiger partial charge is 0.482 e. The number of pyridine rings is 1. The predicted molar refractivity (Wildman–Crippen MR) is 69.8 cm³/mol. The average molecular weight is 265 g/mol. The van der Waals surface area contributed by atoms with E-state index in [0.29, 0.717) is 44.3 Å². The van der Waals surface area contributed by atoms with E-state index >= 15 is 0 Å². The lowest BCUT2D eigenvalue weighted by Crippen LogP contribution is -2.43. The van der Waals surface area contributed by atoms with Crippen molar-refractivity contribution in [1.82, 2.24) is 9.88 Å². The highest BCUT2D eigenvalue weighted by atomic mass is 16.5. The number of amides is 1. The first-order valence-corrected chi connectivity index (χ1v) is 6.35. The second-order valence-electron chi connectivity index (χ2n) is 4.38. The Kier molecular flexibility index (Phi) is 4.70. The standard InChI is InChI=1S/C13H19N3O3/c1-10-2-3-12(11(8-14)15-10)19-9-13(17)16-4-6-18-7-5-16/h2-3H,4-9,14H2,1H3. The molecular formula is C13H19N3O3. The highest BCUT2D eigenvalue weighted by Gasteiger charge is 2.17. The zero-order chi connectivity index (χ0) is 13.7. The number of nitrogens with two attached hydrogens (primary N) is 1. The van der Waals surface area contributed by atoms with Gasteiger partial charge in [0.25, 0.3) is 5.91 Å². The topological polar surface area (TPSA) is 77.7 Å². The average Bonchev–Trinajstić information content (AvgIpc) is 2.46. The molecule has 1 fully saturated rings. The highest BCUT2D eigenvalue weighted by molar-refractivity contribution is 5.77. The minimum atomic E-state index is -0.0353. The Hall–Kier alpha value is -1.66. The highest BCUT2D eigenvalue weighted by Crippen LogP contribution is 2.16. The number of aryl methyl sites for hydroxylation is 1. The minimum absolute atomic E-state index is 0.0116. The summed E-state index contributed by atoms with van der Waals surface area (Å²) in [5.41, 5.74) is 7.17. The lowest BCUT2D eigenvalue weighted by molar-refractivity contribution is -0.137. The molecule has 1 aliphatic rings. The fourth-order valence-corrected chi connectivity index (χ4v) is 1.92. The van der Waals surface area contributed by atoms with Gasteiger partial charge in [-0.15, -0.1) is 0 Å². The number of carbonyl (C=O) groups is 1. The number of morpholine rings is 1. The lowest BCUT2D eigenvalue weighted by atomic mass is 10.3. The van der Waals surface area contributed by atoms with Gasteiger partial charge in [0.05, 0.1) is 18.9 Å². The second-order valence-corrected chi connectivity index (χ2v) is 4.38. The Morgan fingerprint density at radius 1 is 1.47 bits per heavy atom. The molecule has 0 atom stereocenters. The van der Waals surface area contributed by atoms with Crippen molar-refractivity contribution >= 4 is 5.91 Å². The number of carbonyl (C=O) groups excluding carboxylic acids is 1.